The van der Waals surface area contributed by atoms with Crippen molar-refractivity contribution in [2.45, 2.75) is 25.3 Å². The second-order valence-electron chi connectivity index (χ2n) is 5.49. The molecule has 0 heterocycles. The van der Waals surface area contributed by atoms with E-state index >= 15 is 0 Å². The van der Waals surface area contributed by atoms with E-state index in [1.807, 2.05) is 13.8 Å². The summed E-state index contributed by atoms with van der Waals surface area (Å²) in [7, 11) is -0.915. The van der Waals surface area contributed by atoms with Gasteiger partial charge in [-0.1, -0.05) is 6.07 Å². The Morgan fingerprint density at radius 2 is 1.52 bits per heavy atom. The number of hydrogen-bond acceptors (Lipinski definition) is 6. The average Bonchev–Trinajstić information content (AvgIpc) is 2.68. The highest BCUT2D eigenvalue weighted by atomic mass is 32.2. The van der Waals surface area contributed by atoms with Crippen LogP contribution in [-0.2, 0) is 16.6 Å². The van der Waals surface area contributed by atoms with Crippen LogP contribution in [0.5, 0.6) is 23.0 Å². The van der Waals surface area contributed by atoms with Gasteiger partial charge in [0.1, 0.15) is 16.4 Å². The van der Waals surface area contributed by atoms with Gasteiger partial charge in [0, 0.05) is 12.6 Å². The number of hydrogen-bond donors (Lipinski definition) is 1. The molecule has 0 aliphatic heterocycles. The van der Waals surface area contributed by atoms with Crippen molar-refractivity contribution in [3.8, 4) is 23.0 Å². The molecule has 0 radical (unpaired) electrons. The van der Waals surface area contributed by atoms with Crippen molar-refractivity contribution in [2.75, 3.05) is 27.4 Å². The van der Waals surface area contributed by atoms with E-state index < -0.39 is 10.0 Å². The minimum absolute atomic E-state index is 0.0142. The van der Waals surface area contributed by atoms with Crippen molar-refractivity contribution < 1.29 is 27.4 Å². The fourth-order valence-corrected chi connectivity index (χ4v) is 3.66. The third-order valence-corrected chi connectivity index (χ3v) is 5.16. The maximum atomic E-state index is 12.7. The van der Waals surface area contributed by atoms with Crippen LogP contribution in [0, 0.1) is 0 Å². The molecule has 0 aliphatic rings. The van der Waals surface area contributed by atoms with Gasteiger partial charge in [0.2, 0.25) is 10.0 Å². The van der Waals surface area contributed by atoms with Gasteiger partial charge in [-0.2, -0.15) is 0 Å². The van der Waals surface area contributed by atoms with Gasteiger partial charge >= 0.3 is 0 Å². The van der Waals surface area contributed by atoms with Crippen LogP contribution >= 0.6 is 0 Å². The lowest BCUT2D eigenvalue weighted by molar-refractivity contribution is 0.287. The summed E-state index contributed by atoms with van der Waals surface area (Å²) in [6.07, 6.45) is 0. The summed E-state index contributed by atoms with van der Waals surface area (Å²) < 4.78 is 49.4. The van der Waals surface area contributed by atoms with Crippen LogP contribution in [0.15, 0.2) is 41.3 Å². The summed E-state index contributed by atoms with van der Waals surface area (Å²) in [5.74, 6) is 1.87. The van der Waals surface area contributed by atoms with Crippen LogP contribution in [-0.4, -0.2) is 35.9 Å². The van der Waals surface area contributed by atoms with E-state index in [2.05, 4.69) is 4.72 Å². The molecule has 0 spiro atoms. The Morgan fingerprint density at radius 1 is 0.852 bits per heavy atom. The normalized spacial score (nSPS) is 11.1. The third kappa shape index (κ3) is 5.27. The van der Waals surface area contributed by atoms with Crippen molar-refractivity contribution in [1.29, 1.82) is 0 Å². The minimum Gasteiger partial charge on any atom is -0.497 e. The lowest BCUT2D eigenvalue weighted by Gasteiger charge is -2.14. The van der Waals surface area contributed by atoms with Crippen molar-refractivity contribution >= 4 is 10.0 Å². The number of ether oxygens (including phenoxy) is 4. The minimum atomic E-state index is -3.81. The monoisotopic (exact) mass is 395 g/mol. The molecule has 0 amide bonds. The summed E-state index contributed by atoms with van der Waals surface area (Å²) in [5, 5.41) is 0. The van der Waals surface area contributed by atoms with Crippen LogP contribution in [0.2, 0.25) is 0 Å². The Balaban J connectivity index is 2.23. The molecule has 8 heteroatoms. The number of methoxy groups -OCH3 is 2. The molecule has 148 valence electrons. The molecule has 2 rings (SSSR count). The average molecular weight is 395 g/mol. The summed E-state index contributed by atoms with van der Waals surface area (Å²) in [6, 6.07) is 9.93. The molecule has 0 bridgehead atoms. The first-order valence-electron chi connectivity index (χ1n) is 8.55. The van der Waals surface area contributed by atoms with Gasteiger partial charge < -0.3 is 18.9 Å². The molecule has 2 aromatic carbocycles. The first-order valence-corrected chi connectivity index (χ1v) is 10.0. The molecule has 0 saturated carbocycles. The van der Waals surface area contributed by atoms with Gasteiger partial charge in [-0.3, -0.25) is 0 Å². The summed E-state index contributed by atoms with van der Waals surface area (Å²) in [5.41, 5.74) is 0.743. The number of rotatable bonds is 10. The second-order valence-corrected chi connectivity index (χ2v) is 7.22. The first kappa shape index (κ1) is 20.9. The fourth-order valence-electron chi connectivity index (χ4n) is 2.46. The number of nitrogens with one attached hydrogen (secondary N) is 1. The van der Waals surface area contributed by atoms with Gasteiger partial charge in [-0.05, 0) is 43.7 Å². The third-order valence-electron chi connectivity index (χ3n) is 3.73. The highest BCUT2D eigenvalue weighted by Gasteiger charge is 2.20. The zero-order valence-corrected chi connectivity index (χ0v) is 16.8. The Hall–Kier alpha value is -2.45. The molecule has 7 nitrogen and oxygen atoms in total. The Labute approximate surface area is 160 Å². The maximum Gasteiger partial charge on any atom is 0.244 e. The molecular formula is C19H25NO6S. The van der Waals surface area contributed by atoms with Crippen molar-refractivity contribution in [3.63, 3.8) is 0 Å². The molecule has 27 heavy (non-hydrogen) atoms. The van der Waals surface area contributed by atoms with Gasteiger partial charge in [0.15, 0.2) is 11.5 Å². The lowest BCUT2D eigenvalue weighted by Crippen LogP contribution is -2.24. The number of sulfonamides is 1. The predicted molar refractivity (Wildman–Crippen MR) is 102 cm³/mol. The fraction of sp³-hybridized carbons (Fsp3) is 0.368. The predicted octanol–water partition coefficient (Wildman–Crippen LogP) is 2.98. The van der Waals surface area contributed by atoms with Crippen LogP contribution in [0.25, 0.3) is 0 Å². The highest BCUT2D eigenvalue weighted by molar-refractivity contribution is 7.89. The van der Waals surface area contributed by atoms with Crippen molar-refractivity contribution in [1.82, 2.24) is 4.72 Å². The smallest absolute Gasteiger partial charge is 0.244 e. The van der Waals surface area contributed by atoms with Crippen molar-refractivity contribution in [3.05, 3.63) is 42.0 Å². The van der Waals surface area contributed by atoms with E-state index in [9.17, 15) is 8.42 Å². The zero-order valence-electron chi connectivity index (χ0n) is 15.9. The second kappa shape index (κ2) is 9.48. The Morgan fingerprint density at radius 3 is 2.15 bits per heavy atom. The van der Waals surface area contributed by atoms with Gasteiger partial charge in [-0.25, -0.2) is 13.1 Å². The molecule has 0 aromatic heterocycles. The van der Waals surface area contributed by atoms with E-state index in [1.54, 1.807) is 30.3 Å². The zero-order chi connectivity index (χ0) is 19.9. The van der Waals surface area contributed by atoms with Gasteiger partial charge in [0.05, 0.1) is 27.4 Å². The van der Waals surface area contributed by atoms with E-state index in [-0.39, 0.29) is 17.2 Å². The molecule has 1 N–H and O–H groups in total. The Kier molecular flexibility index (Phi) is 7.32. The van der Waals surface area contributed by atoms with Crippen LogP contribution < -0.4 is 23.7 Å². The summed E-state index contributed by atoms with van der Waals surface area (Å²) >= 11 is 0. The standard InChI is InChI=1S/C19H25NO6S/c1-5-25-16-9-7-14(11-18(16)26-6-2)13-20-27(21,22)19-12-15(23-3)8-10-17(19)24-4/h7-12,20H,5-6,13H2,1-4H3. The van der Waals surface area contributed by atoms with Crippen LogP contribution in [0.3, 0.4) is 0 Å². The SMILES string of the molecule is CCOc1ccc(CNS(=O)(=O)c2cc(OC)ccc2OC)cc1OCC. The largest absolute Gasteiger partial charge is 0.497 e. The van der Waals surface area contributed by atoms with Gasteiger partial charge in [-0.15, -0.1) is 0 Å². The quantitative estimate of drug-likeness (QED) is 0.666. The van der Waals surface area contributed by atoms with E-state index in [4.69, 9.17) is 18.9 Å². The van der Waals surface area contributed by atoms with E-state index in [0.29, 0.717) is 30.5 Å². The maximum absolute atomic E-state index is 12.7. The molecule has 0 fully saturated rings. The van der Waals surface area contributed by atoms with Crippen LogP contribution in [0.4, 0.5) is 0 Å². The van der Waals surface area contributed by atoms with E-state index in [1.165, 1.54) is 20.3 Å². The topological polar surface area (TPSA) is 83.1 Å². The Bertz CT molecular complexity index is 866. The van der Waals surface area contributed by atoms with Gasteiger partial charge in [0.25, 0.3) is 0 Å². The van der Waals surface area contributed by atoms with Crippen LogP contribution in [0.1, 0.15) is 19.4 Å². The molecule has 0 saturated heterocycles. The summed E-state index contributed by atoms with van der Waals surface area (Å²) in [4.78, 5) is 0.0142. The molecule has 0 unspecified atom stereocenters. The first-order chi connectivity index (χ1) is 12.9. The van der Waals surface area contributed by atoms with Crippen molar-refractivity contribution in [2.24, 2.45) is 0 Å². The lowest BCUT2D eigenvalue weighted by atomic mass is 10.2. The summed E-state index contributed by atoms with van der Waals surface area (Å²) in [6.45, 7) is 4.85. The molecule has 0 atom stereocenters. The highest BCUT2D eigenvalue weighted by Crippen LogP contribution is 2.30. The van der Waals surface area contributed by atoms with E-state index in [0.717, 1.165) is 5.56 Å². The number of benzene rings is 2. The molecular weight excluding hydrogens is 370 g/mol. The molecule has 0 aliphatic carbocycles. The molecule has 2 aromatic rings.